The van der Waals surface area contributed by atoms with Crippen LogP contribution >= 0.6 is 0 Å². The molecule has 1 aromatic heterocycles. The number of carbonyl (C=O) groups is 1. The van der Waals surface area contributed by atoms with Crippen LogP contribution in [-0.4, -0.2) is 28.8 Å². The monoisotopic (exact) mass is 374 g/mol. The van der Waals surface area contributed by atoms with Crippen LogP contribution in [0.3, 0.4) is 0 Å². The average molecular weight is 374 g/mol. The quantitative estimate of drug-likeness (QED) is 0.725. The van der Waals surface area contributed by atoms with Gasteiger partial charge in [-0.3, -0.25) is 4.79 Å². The van der Waals surface area contributed by atoms with E-state index in [1.54, 1.807) is 17.0 Å². The molecule has 2 heterocycles. The van der Waals surface area contributed by atoms with Gasteiger partial charge >= 0.3 is 0 Å². The molecule has 142 valence electrons. The van der Waals surface area contributed by atoms with Gasteiger partial charge in [0, 0.05) is 17.9 Å². The molecule has 1 amide bonds. The molecule has 0 fully saturated rings. The van der Waals surface area contributed by atoms with Crippen LogP contribution in [-0.2, 0) is 6.42 Å². The molecule has 0 saturated carbocycles. The van der Waals surface area contributed by atoms with E-state index in [1.807, 2.05) is 56.3 Å². The summed E-state index contributed by atoms with van der Waals surface area (Å²) in [5.74, 6) is 1.27. The van der Waals surface area contributed by atoms with Gasteiger partial charge in [-0.15, -0.1) is 10.2 Å². The summed E-state index contributed by atoms with van der Waals surface area (Å²) < 4.78 is 5.64. The number of para-hydroxylation sites is 1. The van der Waals surface area contributed by atoms with E-state index in [2.05, 4.69) is 21.6 Å². The van der Waals surface area contributed by atoms with Gasteiger partial charge in [-0.2, -0.15) is 0 Å². The van der Waals surface area contributed by atoms with Gasteiger partial charge < -0.3 is 15.0 Å². The highest BCUT2D eigenvalue weighted by atomic mass is 16.5. The average Bonchev–Trinajstić information content (AvgIpc) is 3.13. The van der Waals surface area contributed by atoms with E-state index in [-0.39, 0.29) is 12.0 Å². The van der Waals surface area contributed by atoms with Crippen LogP contribution < -0.4 is 15.0 Å². The summed E-state index contributed by atoms with van der Waals surface area (Å²) in [4.78, 5) is 14.6. The van der Waals surface area contributed by atoms with Crippen LogP contribution in [0.15, 0.2) is 60.7 Å². The van der Waals surface area contributed by atoms with E-state index in [9.17, 15) is 4.79 Å². The second kappa shape index (κ2) is 7.68. The molecule has 1 aliphatic rings. The normalized spacial score (nSPS) is 12.8. The van der Waals surface area contributed by atoms with Crippen molar-refractivity contribution in [3.8, 4) is 5.75 Å². The number of nitrogens with one attached hydrogen (secondary N) is 1. The molecule has 2 aromatic carbocycles. The molecule has 0 atom stereocenters. The fourth-order valence-corrected chi connectivity index (χ4v) is 3.24. The number of carbonyl (C=O) groups excluding carboxylic acids is 1. The molecule has 0 spiro atoms. The first kappa shape index (κ1) is 18.0. The number of amides is 1. The number of hydrogen-bond acceptors (Lipinski definition) is 5. The SMILES string of the molecule is CC(C)Oc1ccc(Nc2ccc(C(=O)N3CCc4ccccc43)nn2)cc1. The Hall–Kier alpha value is -3.41. The van der Waals surface area contributed by atoms with Crippen LogP contribution in [0, 0.1) is 0 Å². The van der Waals surface area contributed by atoms with Gasteiger partial charge in [-0.1, -0.05) is 18.2 Å². The molecular weight excluding hydrogens is 352 g/mol. The summed E-state index contributed by atoms with van der Waals surface area (Å²) in [6.07, 6.45) is 1.00. The number of anilines is 3. The van der Waals surface area contributed by atoms with E-state index >= 15 is 0 Å². The minimum atomic E-state index is -0.126. The summed E-state index contributed by atoms with van der Waals surface area (Å²) in [5.41, 5.74) is 3.35. The maximum atomic E-state index is 12.8. The molecule has 0 aliphatic carbocycles. The fraction of sp³-hybridized carbons (Fsp3) is 0.227. The van der Waals surface area contributed by atoms with Crippen molar-refractivity contribution in [1.29, 1.82) is 0 Å². The molecule has 6 heteroatoms. The summed E-state index contributed by atoms with van der Waals surface area (Å²) in [7, 11) is 0. The predicted octanol–water partition coefficient (Wildman–Crippen LogP) is 4.21. The fourth-order valence-electron chi connectivity index (χ4n) is 3.24. The summed E-state index contributed by atoms with van der Waals surface area (Å²) in [6, 6.07) is 19.1. The van der Waals surface area contributed by atoms with Crippen LogP contribution in [0.1, 0.15) is 29.9 Å². The van der Waals surface area contributed by atoms with E-state index in [1.165, 1.54) is 5.56 Å². The van der Waals surface area contributed by atoms with E-state index in [4.69, 9.17) is 4.74 Å². The smallest absolute Gasteiger partial charge is 0.278 e. The molecule has 0 unspecified atom stereocenters. The van der Waals surface area contributed by atoms with E-state index < -0.39 is 0 Å². The van der Waals surface area contributed by atoms with Crippen LogP contribution in [0.4, 0.5) is 17.2 Å². The topological polar surface area (TPSA) is 67.3 Å². The highest BCUT2D eigenvalue weighted by molar-refractivity contribution is 6.06. The van der Waals surface area contributed by atoms with Crippen molar-refractivity contribution in [1.82, 2.24) is 10.2 Å². The largest absolute Gasteiger partial charge is 0.491 e. The predicted molar refractivity (Wildman–Crippen MR) is 109 cm³/mol. The zero-order valence-corrected chi connectivity index (χ0v) is 15.9. The molecule has 1 aliphatic heterocycles. The first-order valence-electron chi connectivity index (χ1n) is 9.37. The van der Waals surface area contributed by atoms with Gasteiger partial charge in [-0.05, 0) is 68.3 Å². The third-order valence-electron chi connectivity index (χ3n) is 4.51. The van der Waals surface area contributed by atoms with Crippen molar-refractivity contribution in [2.45, 2.75) is 26.4 Å². The number of aromatic nitrogens is 2. The third-order valence-corrected chi connectivity index (χ3v) is 4.51. The Balaban J connectivity index is 1.43. The van der Waals surface area contributed by atoms with Gasteiger partial charge in [0.15, 0.2) is 11.5 Å². The Bertz CT molecular complexity index is 969. The number of ether oxygens (including phenoxy) is 1. The molecular formula is C22H22N4O2. The molecule has 3 aromatic rings. The highest BCUT2D eigenvalue weighted by Crippen LogP contribution is 2.28. The second-order valence-corrected chi connectivity index (χ2v) is 6.96. The Morgan fingerprint density at radius 3 is 2.54 bits per heavy atom. The van der Waals surface area contributed by atoms with Crippen molar-refractivity contribution in [3.05, 3.63) is 71.9 Å². The lowest BCUT2D eigenvalue weighted by molar-refractivity contribution is 0.0983. The number of benzene rings is 2. The lowest BCUT2D eigenvalue weighted by Crippen LogP contribution is -2.29. The summed E-state index contributed by atoms with van der Waals surface area (Å²) >= 11 is 0. The number of fused-ring (bicyclic) bond motifs is 1. The number of hydrogen-bond donors (Lipinski definition) is 1. The van der Waals surface area contributed by atoms with Crippen LogP contribution in [0.25, 0.3) is 0 Å². The van der Waals surface area contributed by atoms with Crippen molar-refractivity contribution in [3.63, 3.8) is 0 Å². The molecule has 1 N–H and O–H groups in total. The first-order chi connectivity index (χ1) is 13.6. The van der Waals surface area contributed by atoms with Gasteiger partial charge in [0.25, 0.3) is 5.91 Å². The van der Waals surface area contributed by atoms with Gasteiger partial charge in [-0.25, -0.2) is 0 Å². The van der Waals surface area contributed by atoms with Gasteiger partial charge in [0.2, 0.25) is 0 Å². The number of rotatable bonds is 5. The molecule has 28 heavy (non-hydrogen) atoms. The Labute approximate surface area is 164 Å². The van der Waals surface area contributed by atoms with Crippen LogP contribution in [0.2, 0.25) is 0 Å². The minimum absolute atomic E-state index is 0.126. The van der Waals surface area contributed by atoms with Crippen LogP contribution in [0.5, 0.6) is 5.75 Å². The summed E-state index contributed by atoms with van der Waals surface area (Å²) in [6.45, 7) is 4.65. The van der Waals surface area contributed by atoms with Crippen molar-refractivity contribution >= 4 is 23.1 Å². The van der Waals surface area contributed by atoms with Crippen molar-refractivity contribution < 1.29 is 9.53 Å². The lowest BCUT2D eigenvalue weighted by atomic mass is 10.2. The zero-order valence-electron chi connectivity index (χ0n) is 15.9. The highest BCUT2D eigenvalue weighted by Gasteiger charge is 2.26. The Morgan fingerprint density at radius 2 is 1.82 bits per heavy atom. The number of nitrogens with zero attached hydrogens (tertiary/aromatic N) is 3. The molecule has 4 rings (SSSR count). The Kier molecular flexibility index (Phi) is 4.93. The molecule has 6 nitrogen and oxygen atoms in total. The standard InChI is InChI=1S/C22H22N4O2/c1-15(2)28-18-9-7-17(8-10-18)23-21-12-11-19(24-25-21)22(27)26-14-13-16-5-3-4-6-20(16)26/h3-12,15H,13-14H2,1-2H3,(H,23,25). The molecule has 0 bridgehead atoms. The van der Waals surface area contributed by atoms with E-state index in [0.717, 1.165) is 23.5 Å². The maximum Gasteiger partial charge on any atom is 0.278 e. The first-order valence-corrected chi connectivity index (χ1v) is 9.37. The third kappa shape index (κ3) is 3.81. The molecule has 0 radical (unpaired) electrons. The van der Waals surface area contributed by atoms with Crippen molar-refractivity contribution in [2.75, 3.05) is 16.8 Å². The maximum absolute atomic E-state index is 12.8. The molecule has 0 saturated heterocycles. The lowest BCUT2D eigenvalue weighted by Gasteiger charge is -2.16. The summed E-state index contributed by atoms with van der Waals surface area (Å²) in [5, 5.41) is 11.5. The van der Waals surface area contributed by atoms with Gasteiger partial charge in [0.05, 0.1) is 6.10 Å². The van der Waals surface area contributed by atoms with E-state index in [0.29, 0.717) is 18.1 Å². The van der Waals surface area contributed by atoms with Crippen molar-refractivity contribution in [2.24, 2.45) is 0 Å². The van der Waals surface area contributed by atoms with Gasteiger partial charge in [0.1, 0.15) is 5.75 Å². The minimum Gasteiger partial charge on any atom is -0.491 e. The zero-order chi connectivity index (χ0) is 19.5. The second-order valence-electron chi connectivity index (χ2n) is 6.96. The Morgan fingerprint density at radius 1 is 1.04 bits per heavy atom.